The van der Waals surface area contributed by atoms with E-state index in [2.05, 4.69) is 5.32 Å². The summed E-state index contributed by atoms with van der Waals surface area (Å²) in [5.41, 5.74) is -0.787. The minimum Gasteiger partial charge on any atom is -0.449 e. The molecule has 1 aromatic carbocycles. The molecule has 0 radical (unpaired) electrons. The van der Waals surface area contributed by atoms with E-state index in [1.54, 1.807) is 0 Å². The maximum Gasteiger partial charge on any atom is 0.416 e. The largest absolute Gasteiger partial charge is 0.449 e. The second-order valence-electron chi connectivity index (χ2n) is 3.74. The van der Waals surface area contributed by atoms with Crippen molar-refractivity contribution in [2.45, 2.75) is 19.0 Å². The molecule has 0 aliphatic carbocycles. The zero-order valence-electron chi connectivity index (χ0n) is 9.97. The number of ether oxygens (including phenoxy) is 1. The second kappa shape index (κ2) is 7.23. The maximum absolute atomic E-state index is 12.4. The highest BCUT2D eigenvalue weighted by molar-refractivity contribution is 6.17. The standard InChI is InChI=1S/C12H13ClF3NO2/c13-6-1-2-7-19-11(18)17-10-5-3-4-9(8-10)12(14,15)16/h3-5,8H,1-2,6-7H2,(H,17,18). The molecule has 0 saturated carbocycles. The molecule has 1 amide bonds. The highest BCUT2D eigenvalue weighted by atomic mass is 35.5. The fraction of sp³-hybridized carbons (Fsp3) is 0.417. The van der Waals surface area contributed by atoms with Gasteiger partial charge in [0.05, 0.1) is 12.2 Å². The lowest BCUT2D eigenvalue weighted by Gasteiger charge is -2.10. The van der Waals surface area contributed by atoms with Gasteiger partial charge >= 0.3 is 12.3 Å². The van der Waals surface area contributed by atoms with Crippen LogP contribution in [0.15, 0.2) is 24.3 Å². The van der Waals surface area contributed by atoms with Crippen molar-refractivity contribution in [3.05, 3.63) is 29.8 Å². The average Bonchev–Trinajstić information content (AvgIpc) is 2.34. The molecule has 106 valence electrons. The van der Waals surface area contributed by atoms with Gasteiger partial charge in [-0.1, -0.05) is 6.07 Å². The number of rotatable bonds is 5. The van der Waals surface area contributed by atoms with Gasteiger partial charge in [-0.25, -0.2) is 4.79 Å². The molecule has 3 nitrogen and oxygen atoms in total. The number of benzene rings is 1. The van der Waals surface area contributed by atoms with Crippen molar-refractivity contribution in [3.63, 3.8) is 0 Å². The molecule has 0 heterocycles. The molecule has 0 aliphatic heterocycles. The molecule has 0 bridgehead atoms. The number of carbonyl (C=O) groups excluding carboxylic acids is 1. The predicted molar refractivity (Wildman–Crippen MR) is 66.4 cm³/mol. The lowest BCUT2D eigenvalue weighted by molar-refractivity contribution is -0.137. The topological polar surface area (TPSA) is 38.3 Å². The van der Waals surface area contributed by atoms with Crippen LogP contribution in [-0.4, -0.2) is 18.6 Å². The SMILES string of the molecule is O=C(Nc1cccc(C(F)(F)F)c1)OCCCCCl. The summed E-state index contributed by atoms with van der Waals surface area (Å²) in [6.07, 6.45) is -3.91. The Kier molecular flexibility index (Phi) is 5.95. The lowest BCUT2D eigenvalue weighted by atomic mass is 10.2. The van der Waals surface area contributed by atoms with Crippen molar-refractivity contribution in [1.29, 1.82) is 0 Å². The summed E-state index contributed by atoms with van der Waals surface area (Å²) in [5, 5.41) is 2.24. The van der Waals surface area contributed by atoms with E-state index in [-0.39, 0.29) is 12.3 Å². The number of carbonyl (C=O) groups is 1. The van der Waals surface area contributed by atoms with Crippen LogP contribution >= 0.6 is 11.6 Å². The van der Waals surface area contributed by atoms with E-state index < -0.39 is 17.8 Å². The molecule has 1 aromatic rings. The van der Waals surface area contributed by atoms with Crippen molar-refractivity contribution in [2.24, 2.45) is 0 Å². The first-order valence-electron chi connectivity index (χ1n) is 5.60. The summed E-state index contributed by atoms with van der Waals surface area (Å²) in [4.78, 5) is 11.3. The number of hydrogen-bond donors (Lipinski definition) is 1. The van der Waals surface area contributed by atoms with Gasteiger partial charge in [0.2, 0.25) is 0 Å². The summed E-state index contributed by atoms with van der Waals surface area (Å²) in [5.74, 6) is 0.471. The minimum absolute atomic E-state index is 0.0390. The van der Waals surface area contributed by atoms with E-state index >= 15 is 0 Å². The second-order valence-corrected chi connectivity index (χ2v) is 4.11. The Bertz CT molecular complexity index is 424. The van der Waals surface area contributed by atoms with Gasteiger partial charge in [-0.15, -0.1) is 11.6 Å². The van der Waals surface area contributed by atoms with E-state index in [9.17, 15) is 18.0 Å². The Hall–Kier alpha value is -1.43. The van der Waals surface area contributed by atoms with E-state index in [1.165, 1.54) is 12.1 Å². The van der Waals surface area contributed by atoms with Crippen LogP contribution in [0, 0.1) is 0 Å². The third kappa shape index (κ3) is 5.83. The van der Waals surface area contributed by atoms with Crippen LogP contribution in [0.5, 0.6) is 0 Å². The molecular formula is C12H13ClF3NO2. The molecule has 0 aliphatic rings. The van der Waals surface area contributed by atoms with Gasteiger partial charge in [0.1, 0.15) is 0 Å². The smallest absolute Gasteiger partial charge is 0.416 e. The van der Waals surface area contributed by atoms with Crippen LogP contribution in [0.3, 0.4) is 0 Å². The summed E-state index contributed by atoms with van der Waals surface area (Å²) in [6.45, 7) is 0.178. The number of amides is 1. The molecule has 0 atom stereocenters. The number of halogens is 4. The summed E-state index contributed by atoms with van der Waals surface area (Å²) >= 11 is 5.44. The summed E-state index contributed by atoms with van der Waals surface area (Å²) < 4.78 is 42.1. The van der Waals surface area contributed by atoms with Gasteiger partial charge in [-0.3, -0.25) is 5.32 Å². The molecule has 7 heteroatoms. The highest BCUT2D eigenvalue weighted by Gasteiger charge is 2.30. The fourth-order valence-corrected chi connectivity index (χ4v) is 1.48. The average molecular weight is 296 g/mol. The number of nitrogens with one attached hydrogen (secondary N) is 1. The molecule has 1 N–H and O–H groups in total. The molecule has 1 rings (SSSR count). The third-order valence-corrected chi connectivity index (χ3v) is 2.46. The predicted octanol–water partition coefficient (Wildman–Crippen LogP) is 4.27. The third-order valence-electron chi connectivity index (χ3n) is 2.20. The zero-order valence-corrected chi connectivity index (χ0v) is 10.7. The number of unbranched alkanes of at least 4 members (excludes halogenated alkanes) is 1. The quantitative estimate of drug-likeness (QED) is 0.650. The van der Waals surface area contributed by atoms with Crippen LogP contribution in [-0.2, 0) is 10.9 Å². The van der Waals surface area contributed by atoms with Crippen LogP contribution in [0.2, 0.25) is 0 Å². The molecule has 0 unspecified atom stereocenters. The molecule has 19 heavy (non-hydrogen) atoms. The van der Waals surface area contributed by atoms with Crippen LogP contribution < -0.4 is 5.32 Å². The Labute approximate surface area is 113 Å². The van der Waals surface area contributed by atoms with Crippen LogP contribution in [0.25, 0.3) is 0 Å². The Morgan fingerprint density at radius 3 is 2.68 bits per heavy atom. The van der Waals surface area contributed by atoms with Crippen molar-refractivity contribution < 1.29 is 22.7 Å². The van der Waals surface area contributed by atoms with E-state index in [0.29, 0.717) is 18.7 Å². The number of hydrogen-bond acceptors (Lipinski definition) is 2. The van der Waals surface area contributed by atoms with Gasteiger partial charge in [0, 0.05) is 11.6 Å². The van der Waals surface area contributed by atoms with Crippen molar-refractivity contribution in [1.82, 2.24) is 0 Å². The number of alkyl halides is 4. The summed E-state index contributed by atoms with van der Waals surface area (Å²) in [7, 11) is 0. The Morgan fingerprint density at radius 1 is 1.32 bits per heavy atom. The first kappa shape index (κ1) is 15.6. The van der Waals surface area contributed by atoms with Gasteiger partial charge in [-0.2, -0.15) is 13.2 Å². The van der Waals surface area contributed by atoms with Gasteiger partial charge in [0.25, 0.3) is 0 Å². The fourth-order valence-electron chi connectivity index (χ4n) is 1.29. The number of anilines is 1. The Morgan fingerprint density at radius 2 is 2.05 bits per heavy atom. The van der Waals surface area contributed by atoms with Crippen molar-refractivity contribution in [2.75, 3.05) is 17.8 Å². The molecule has 0 saturated heterocycles. The highest BCUT2D eigenvalue weighted by Crippen LogP contribution is 2.30. The molecule has 0 aromatic heterocycles. The lowest BCUT2D eigenvalue weighted by Crippen LogP contribution is -2.15. The molecular weight excluding hydrogens is 283 g/mol. The van der Waals surface area contributed by atoms with Gasteiger partial charge < -0.3 is 4.74 Å². The first-order valence-corrected chi connectivity index (χ1v) is 6.14. The first-order chi connectivity index (χ1) is 8.93. The molecule has 0 fully saturated rings. The van der Waals surface area contributed by atoms with Crippen LogP contribution in [0.4, 0.5) is 23.7 Å². The normalized spacial score (nSPS) is 11.2. The Balaban J connectivity index is 2.50. The minimum atomic E-state index is -4.44. The van der Waals surface area contributed by atoms with Gasteiger partial charge in [0.15, 0.2) is 0 Å². The van der Waals surface area contributed by atoms with Crippen molar-refractivity contribution in [3.8, 4) is 0 Å². The van der Waals surface area contributed by atoms with Crippen LogP contribution in [0.1, 0.15) is 18.4 Å². The van der Waals surface area contributed by atoms with Gasteiger partial charge in [-0.05, 0) is 31.0 Å². The van der Waals surface area contributed by atoms with E-state index in [1.807, 2.05) is 0 Å². The van der Waals surface area contributed by atoms with E-state index in [4.69, 9.17) is 16.3 Å². The van der Waals surface area contributed by atoms with E-state index in [0.717, 1.165) is 12.1 Å². The zero-order chi connectivity index (χ0) is 14.3. The summed E-state index contributed by atoms with van der Waals surface area (Å²) in [6, 6.07) is 4.35. The monoisotopic (exact) mass is 295 g/mol. The maximum atomic E-state index is 12.4. The molecule has 0 spiro atoms. The van der Waals surface area contributed by atoms with Crippen molar-refractivity contribution >= 4 is 23.4 Å².